The third kappa shape index (κ3) is 4.39. The van der Waals surface area contributed by atoms with Gasteiger partial charge < -0.3 is 14.7 Å². The van der Waals surface area contributed by atoms with Crippen molar-refractivity contribution in [2.24, 2.45) is 0 Å². The first-order valence-corrected chi connectivity index (χ1v) is 11.0. The van der Waals surface area contributed by atoms with Gasteiger partial charge in [0.2, 0.25) is 5.91 Å². The van der Waals surface area contributed by atoms with Crippen molar-refractivity contribution in [1.82, 2.24) is 5.48 Å². The fourth-order valence-electron chi connectivity index (χ4n) is 5.20. The highest BCUT2D eigenvalue weighted by Gasteiger charge is 2.43. The van der Waals surface area contributed by atoms with Gasteiger partial charge in [-0.1, -0.05) is 43.5 Å². The third-order valence-corrected chi connectivity index (χ3v) is 6.50. The summed E-state index contributed by atoms with van der Waals surface area (Å²) in [5.74, 6) is 0.579. The van der Waals surface area contributed by atoms with Gasteiger partial charge >= 0.3 is 0 Å². The van der Waals surface area contributed by atoms with Crippen LogP contribution in [0.4, 0.5) is 5.69 Å². The standard InChI is InChI=1S/C25H30N2O4/c1-18-15-19(17-31-21-11-9-20(28)10-12-21)22-7-3-4-8-23(22)27(18)25(16-24(29)26-30)13-5-2-6-14-25/h3-4,7-12,15,18,28,30H,2,5-6,13-14,16-17H2,1H3,(H,26,29). The number of carbonyl (C=O) groups is 1. The van der Waals surface area contributed by atoms with Crippen LogP contribution in [0.1, 0.15) is 51.0 Å². The zero-order valence-electron chi connectivity index (χ0n) is 17.9. The molecule has 1 unspecified atom stereocenters. The molecular formula is C25H30N2O4. The molecule has 2 aromatic rings. The molecule has 0 spiro atoms. The van der Waals surface area contributed by atoms with Crippen LogP contribution in [0.15, 0.2) is 54.6 Å². The molecule has 2 aromatic carbocycles. The molecule has 1 heterocycles. The highest BCUT2D eigenvalue weighted by atomic mass is 16.5. The average molecular weight is 423 g/mol. The Morgan fingerprint density at radius 2 is 1.84 bits per heavy atom. The molecule has 1 amide bonds. The molecule has 6 heteroatoms. The lowest BCUT2D eigenvalue weighted by Crippen LogP contribution is -2.57. The van der Waals surface area contributed by atoms with Gasteiger partial charge in [0.1, 0.15) is 18.1 Å². The molecule has 0 bridgehead atoms. The summed E-state index contributed by atoms with van der Waals surface area (Å²) in [6.07, 6.45) is 7.66. The largest absolute Gasteiger partial charge is 0.508 e. The lowest BCUT2D eigenvalue weighted by Gasteiger charge is -2.52. The number of para-hydroxylation sites is 1. The lowest BCUT2D eigenvalue weighted by atomic mass is 9.75. The number of phenols is 1. The number of nitrogens with zero attached hydrogens (tertiary/aromatic N) is 1. The minimum absolute atomic E-state index is 0.0814. The van der Waals surface area contributed by atoms with Crippen molar-refractivity contribution in [3.8, 4) is 11.5 Å². The topological polar surface area (TPSA) is 82.0 Å². The number of fused-ring (bicyclic) bond motifs is 1. The zero-order chi connectivity index (χ0) is 21.8. The SMILES string of the molecule is CC1C=C(COc2ccc(O)cc2)c2ccccc2N1C1(CC(=O)NO)CCCCC1. The number of ether oxygens (including phenoxy) is 1. The molecule has 0 radical (unpaired) electrons. The minimum Gasteiger partial charge on any atom is -0.508 e. The molecule has 6 nitrogen and oxygen atoms in total. The molecule has 164 valence electrons. The molecule has 1 aliphatic heterocycles. The third-order valence-electron chi connectivity index (χ3n) is 6.50. The second-order valence-electron chi connectivity index (χ2n) is 8.60. The Kier molecular flexibility index (Phi) is 6.18. The Morgan fingerprint density at radius 3 is 2.55 bits per heavy atom. The number of hydrogen-bond donors (Lipinski definition) is 3. The number of anilines is 1. The van der Waals surface area contributed by atoms with Crippen LogP contribution in [0.25, 0.3) is 5.57 Å². The molecule has 4 rings (SSSR count). The normalized spacial score (nSPS) is 19.9. The number of aromatic hydroxyl groups is 1. The number of benzene rings is 2. The summed E-state index contributed by atoms with van der Waals surface area (Å²) in [7, 11) is 0. The predicted octanol–water partition coefficient (Wildman–Crippen LogP) is 4.66. The van der Waals surface area contributed by atoms with E-state index in [-0.39, 0.29) is 29.7 Å². The summed E-state index contributed by atoms with van der Waals surface area (Å²) < 4.78 is 6.00. The van der Waals surface area contributed by atoms with E-state index in [4.69, 9.17) is 4.74 Å². The maximum Gasteiger partial charge on any atom is 0.245 e. The van der Waals surface area contributed by atoms with Crippen LogP contribution in [0.2, 0.25) is 0 Å². The summed E-state index contributed by atoms with van der Waals surface area (Å²) in [5, 5.41) is 18.7. The molecule has 1 fully saturated rings. The van der Waals surface area contributed by atoms with Gasteiger partial charge in [0, 0.05) is 22.8 Å². The van der Waals surface area contributed by atoms with Crippen molar-refractivity contribution in [3.05, 3.63) is 60.2 Å². The monoisotopic (exact) mass is 422 g/mol. The summed E-state index contributed by atoms with van der Waals surface area (Å²) in [5.41, 5.74) is 4.84. The van der Waals surface area contributed by atoms with Crippen molar-refractivity contribution in [1.29, 1.82) is 0 Å². The van der Waals surface area contributed by atoms with E-state index in [1.807, 2.05) is 17.6 Å². The van der Waals surface area contributed by atoms with E-state index < -0.39 is 0 Å². The number of phenolic OH excluding ortho intramolecular Hbond substituents is 1. The number of hydroxylamine groups is 1. The van der Waals surface area contributed by atoms with Gasteiger partial charge in [0.05, 0.1) is 6.42 Å². The molecule has 2 aliphatic rings. The smallest absolute Gasteiger partial charge is 0.245 e. The van der Waals surface area contributed by atoms with E-state index in [0.717, 1.165) is 42.5 Å². The fourth-order valence-corrected chi connectivity index (χ4v) is 5.20. The highest BCUT2D eigenvalue weighted by molar-refractivity contribution is 5.84. The van der Waals surface area contributed by atoms with E-state index in [0.29, 0.717) is 12.4 Å². The first-order valence-electron chi connectivity index (χ1n) is 11.0. The van der Waals surface area contributed by atoms with Crippen LogP contribution in [-0.4, -0.2) is 34.4 Å². The van der Waals surface area contributed by atoms with E-state index in [1.54, 1.807) is 24.3 Å². The Hall–Kier alpha value is -2.99. The number of carbonyl (C=O) groups excluding carboxylic acids is 1. The van der Waals surface area contributed by atoms with E-state index >= 15 is 0 Å². The van der Waals surface area contributed by atoms with Gasteiger partial charge in [0.25, 0.3) is 0 Å². The Balaban J connectivity index is 1.65. The van der Waals surface area contributed by atoms with Gasteiger partial charge in [-0.3, -0.25) is 10.0 Å². The van der Waals surface area contributed by atoms with Crippen LogP contribution in [0, 0.1) is 0 Å². The molecular weight excluding hydrogens is 392 g/mol. The Labute approximate surface area is 183 Å². The van der Waals surface area contributed by atoms with Crippen molar-refractivity contribution < 1.29 is 19.8 Å². The van der Waals surface area contributed by atoms with Gasteiger partial charge in [-0.05, 0) is 55.7 Å². The van der Waals surface area contributed by atoms with Crippen molar-refractivity contribution in [2.75, 3.05) is 11.5 Å². The van der Waals surface area contributed by atoms with Crippen LogP contribution >= 0.6 is 0 Å². The van der Waals surface area contributed by atoms with Crippen LogP contribution in [0.3, 0.4) is 0 Å². The second kappa shape index (κ2) is 9.02. The van der Waals surface area contributed by atoms with Gasteiger partial charge in [0.15, 0.2) is 0 Å². The first-order chi connectivity index (χ1) is 15.0. The average Bonchev–Trinajstić information content (AvgIpc) is 2.79. The number of rotatable bonds is 6. The fraction of sp³-hybridized carbons (Fsp3) is 0.400. The summed E-state index contributed by atoms with van der Waals surface area (Å²) in [4.78, 5) is 14.6. The molecule has 0 aromatic heterocycles. The summed E-state index contributed by atoms with van der Waals surface area (Å²) >= 11 is 0. The molecule has 1 aliphatic carbocycles. The van der Waals surface area contributed by atoms with Gasteiger partial charge in [-0.2, -0.15) is 0 Å². The summed E-state index contributed by atoms with van der Waals surface area (Å²) in [6.45, 7) is 2.58. The Bertz CT molecular complexity index is 948. The van der Waals surface area contributed by atoms with Crippen LogP contribution < -0.4 is 15.1 Å². The maximum atomic E-state index is 12.3. The summed E-state index contributed by atoms with van der Waals surface area (Å²) in [6, 6.07) is 15.1. The maximum absolute atomic E-state index is 12.3. The number of amides is 1. The minimum atomic E-state index is -0.336. The molecule has 1 atom stereocenters. The predicted molar refractivity (Wildman–Crippen MR) is 120 cm³/mol. The molecule has 1 saturated carbocycles. The molecule has 0 saturated heterocycles. The highest BCUT2D eigenvalue weighted by Crippen LogP contribution is 2.45. The molecule has 31 heavy (non-hydrogen) atoms. The van der Waals surface area contributed by atoms with Gasteiger partial charge in [-0.15, -0.1) is 0 Å². The van der Waals surface area contributed by atoms with Crippen molar-refractivity contribution in [3.63, 3.8) is 0 Å². The lowest BCUT2D eigenvalue weighted by molar-refractivity contribution is -0.130. The van der Waals surface area contributed by atoms with Gasteiger partial charge in [-0.25, -0.2) is 5.48 Å². The van der Waals surface area contributed by atoms with E-state index in [9.17, 15) is 15.1 Å². The molecule has 3 N–H and O–H groups in total. The van der Waals surface area contributed by atoms with E-state index in [1.165, 1.54) is 6.42 Å². The van der Waals surface area contributed by atoms with Crippen molar-refractivity contribution >= 4 is 17.2 Å². The van der Waals surface area contributed by atoms with Crippen LogP contribution in [0.5, 0.6) is 11.5 Å². The van der Waals surface area contributed by atoms with Crippen LogP contribution in [-0.2, 0) is 4.79 Å². The first kappa shape index (κ1) is 21.2. The second-order valence-corrected chi connectivity index (χ2v) is 8.60. The zero-order valence-corrected chi connectivity index (χ0v) is 17.9. The van der Waals surface area contributed by atoms with E-state index in [2.05, 4.69) is 30.0 Å². The number of nitrogens with one attached hydrogen (secondary N) is 1. The van der Waals surface area contributed by atoms with Crippen molar-refractivity contribution in [2.45, 2.75) is 57.0 Å². The Morgan fingerprint density at radius 1 is 1.13 bits per heavy atom. The number of hydrogen-bond acceptors (Lipinski definition) is 5. The quantitative estimate of drug-likeness (QED) is 0.466.